The third-order valence-corrected chi connectivity index (χ3v) is 4.66. The van der Waals surface area contributed by atoms with E-state index >= 15 is 0 Å². The SMILES string of the molecule is CCCn1c(C)cc(C=C(C#N)C(=O)Nc2ccc(NC(=O)C(C)C)cc2)c1C. The Morgan fingerprint density at radius 2 is 1.72 bits per heavy atom. The number of carbonyl (C=O) groups is 2. The summed E-state index contributed by atoms with van der Waals surface area (Å²) in [5, 5.41) is 15.0. The van der Waals surface area contributed by atoms with Crippen molar-refractivity contribution in [1.82, 2.24) is 4.57 Å². The van der Waals surface area contributed by atoms with Crippen molar-refractivity contribution in [3.8, 4) is 6.07 Å². The van der Waals surface area contributed by atoms with Gasteiger partial charge in [-0.05, 0) is 62.2 Å². The lowest BCUT2D eigenvalue weighted by molar-refractivity contribution is -0.119. The Bertz CT molecular complexity index is 960. The molecule has 0 radical (unpaired) electrons. The molecule has 0 spiro atoms. The molecule has 0 bridgehead atoms. The van der Waals surface area contributed by atoms with Crippen molar-refractivity contribution in [3.05, 3.63) is 52.9 Å². The van der Waals surface area contributed by atoms with Gasteiger partial charge in [0, 0.05) is 35.2 Å². The van der Waals surface area contributed by atoms with Crippen LogP contribution in [0, 0.1) is 31.1 Å². The summed E-state index contributed by atoms with van der Waals surface area (Å²) in [7, 11) is 0. The van der Waals surface area contributed by atoms with Crippen molar-refractivity contribution in [2.45, 2.75) is 47.6 Å². The molecular weight excluding hydrogens is 364 g/mol. The number of anilines is 2. The highest BCUT2D eigenvalue weighted by Crippen LogP contribution is 2.20. The number of aryl methyl sites for hydroxylation is 1. The van der Waals surface area contributed by atoms with Gasteiger partial charge in [-0.15, -0.1) is 0 Å². The van der Waals surface area contributed by atoms with E-state index in [-0.39, 0.29) is 17.4 Å². The predicted molar refractivity (Wildman–Crippen MR) is 116 cm³/mol. The maximum absolute atomic E-state index is 12.6. The van der Waals surface area contributed by atoms with E-state index in [1.54, 1.807) is 30.3 Å². The second kappa shape index (κ2) is 9.74. The summed E-state index contributed by atoms with van der Waals surface area (Å²) in [5.41, 5.74) is 4.26. The van der Waals surface area contributed by atoms with E-state index in [1.165, 1.54) is 0 Å². The van der Waals surface area contributed by atoms with Crippen molar-refractivity contribution >= 4 is 29.3 Å². The van der Waals surface area contributed by atoms with Gasteiger partial charge in [-0.2, -0.15) is 5.26 Å². The first kappa shape index (κ1) is 22.0. The monoisotopic (exact) mass is 392 g/mol. The molecule has 2 rings (SSSR count). The lowest BCUT2D eigenvalue weighted by Crippen LogP contribution is -2.17. The molecule has 0 aliphatic carbocycles. The van der Waals surface area contributed by atoms with E-state index in [1.807, 2.05) is 39.8 Å². The molecule has 0 aliphatic rings. The number of rotatable bonds is 7. The van der Waals surface area contributed by atoms with Gasteiger partial charge >= 0.3 is 0 Å². The Kier molecular flexibility index (Phi) is 7.38. The van der Waals surface area contributed by atoms with Crippen molar-refractivity contribution in [3.63, 3.8) is 0 Å². The molecule has 0 aliphatic heterocycles. The van der Waals surface area contributed by atoms with E-state index in [0.29, 0.717) is 11.4 Å². The van der Waals surface area contributed by atoms with Crippen LogP contribution in [0.25, 0.3) is 6.08 Å². The summed E-state index contributed by atoms with van der Waals surface area (Å²) < 4.78 is 2.18. The first-order valence-electron chi connectivity index (χ1n) is 9.77. The molecule has 0 saturated heterocycles. The maximum Gasteiger partial charge on any atom is 0.266 e. The van der Waals surface area contributed by atoms with Crippen LogP contribution in [0.4, 0.5) is 11.4 Å². The molecule has 1 aromatic heterocycles. The number of benzene rings is 1. The van der Waals surface area contributed by atoms with Gasteiger partial charge in [0.2, 0.25) is 5.91 Å². The van der Waals surface area contributed by atoms with Crippen LogP contribution in [0.5, 0.6) is 0 Å². The molecule has 1 heterocycles. The fourth-order valence-corrected chi connectivity index (χ4v) is 2.97. The number of hydrogen-bond acceptors (Lipinski definition) is 3. The van der Waals surface area contributed by atoms with E-state index in [9.17, 15) is 14.9 Å². The summed E-state index contributed by atoms with van der Waals surface area (Å²) in [4.78, 5) is 24.3. The Morgan fingerprint density at radius 1 is 1.14 bits per heavy atom. The zero-order valence-electron chi connectivity index (χ0n) is 17.7. The first-order valence-corrected chi connectivity index (χ1v) is 9.77. The number of amides is 2. The fraction of sp³-hybridized carbons (Fsp3) is 0.348. The molecule has 6 heteroatoms. The van der Waals surface area contributed by atoms with Crippen molar-refractivity contribution in [2.24, 2.45) is 5.92 Å². The molecule has 2 amide bonds. The van der Waals surface area contributed by atoms with Gasteiger partial charge in [0.25, 0.3) is 5.91 Å². The Balaban J connectivity index is 2.14. The van der Waals surface area contributed by atoms with Gasteiger partial charge in [-0.1, -0.05) is 20.8 Å². The van der Waals surface area contributed by atoms with Gasteiger partial charge in [-0.25, -0.2) is 0 Å². The van der Waals surface area contributed by atoms with Gasteiger partial charge < -0.3 is 15.2 Å². The number of aromatic nitrogens is 1. The molecule has 152 valence electrons. The largest absolute Gasteiger partial charge is 0.349 e. The van der Waals surface area contributed by atoms with Crippen LogP contribution in [0.2, 0.25) is 0 Å². The minimum Gasteiger partial charge on any atom is -0.349 e. The highest BCUT2D eigenvalue weighted by atomic mass is 16.2. The standard InChI is InChI=1S/C23H28N4O2/c1-6-11-27-16(4)12-18(17(27)5)13-19(14-24)23(29)26-21-9-7-20(8-10-21)25-22(28)15(2)3/h7-10,12-13,15H,6,11H2,1-5H3,(H,25,28)(H,26,29). The summed E-state index contributed by atoms with van der Waals surface area (Å²) in [5.74, 6) is -0.652. The second-order valence-electron chi connectivity index (χ2n) is 7.32. The quantitative estimate of drug-likeness (QED) is 0.531. The normalized spacial score (nSPS) is 11.3. The fourth-order valence-electron chi connectivity index (χ4n) is 2.97. The third-order valence-electron chi connectivity index (χ3n) is 4.66. The number of hydrogen-bond donors (Lipinski definition) is 2. The third kappa shape index (κ3) is 5.58. The van der Waals surface area contributed by atoms with Crippen LogP contribution in [0.3, 0.4) is 0 Å². The average molecular weight is 393 g/mol. The van der Waals surface area contributed by atoms with E-state index in [4.69, 9.17) is 0 Å². The number of nitrogens with zero attached hydrogens (tertiary/aromatic N) is 2. The molecule has 2 aromatic rings. The number of carbonyl (C=O) groups excluding carboxylic acids is 2. The van der Waals surface area contributed by atoms with Crippen molar-refractivity contribution in [2.75, 3.05) is 10.6 Å². The smallest absolute Gasteiger partial charge is 0.266 e. The van der Waals surface area contributed by atoms with Crippen LogP contribution in [0.1, 0.15) is 44.1 Å². The minimum absolute atomic E-state index is 0.0407. The molecule has 0 saturated carbocycles. The van der Waals surface area contributed by atoms with Gasteiger partial charge in [0.1, 0.15) is 11.6 Å². The molecule has 1 aromatic carbocycles. The molecular formula is C23H28N4O2. The Labute approximate surface area is 172 Å². The Morgan fingerprint density at radius 3 is 2.24 bits per heavy atom. The second-order valence-corrected chi connectivity index (χ2v) is 7.32. The summed E-state index contributed by atoms with van der Waals surface area (Å²) in [6.07, 6.45) is 2.64. The van der Waals surface area contributed by atoms with Crippen molar-refractivity contribution < 1.29 is 9.59 Å². The lowest BCUT2D eigenvalue weighted by Gasteiger charge is -2.09. The minimum atomic E-state index is -0.466. The van der Waals surface area contributed by atoms with Crippen LogP contribution in [-0.4, -0.2) is 16.4 Å². The van der Waals surface area contributed by atoms with Crippen LogP contribution < -0.4 is 10.6 Å². The van der Waals surface area contributed by atoms with Crippen molar-refractivity contribution in [1.29, 1.82) is 5.26 Å². The average Bonchev–Trinajstić information content (AvgIpc) is 2.95. The van der Waals surface area contributed by atoms with Crippen LogP contribution in [0.15, 0.2) is 35.9 Å². The van der Waals surface area contributed by atoms with Gasteiger partial charge in [0.15, 0.2) is 0 Å². The highest BCUT2D eigenvalue weighted by molar-refractivity contribution is 6.09. The summed E-state index contributed by atoms with van der Waals surface area (Å²) in [6, 6.07) is 10.8. The molecule has 0 atom stereocenters. The molecule has 29 heavy (non-hydrogen) atoms. The molecule has 0 fully saturated rings. The van der Waals surface area contributed by atoms with Crippen LogP contribution >= 0.6 is 0 Å². The molecule has 2 N–H and O–H groups in total. The molecule has 6 nitrogen and oxygen atoms in total. The zero-order chi connectivity index (χ0) is 21.6. The topological polar surface area (TPSA) is 86.9 Å². The highest BCUT2D eigenvalue weighted by Gasteiger charge is 2.13. The summed E-state index contributed by atoms with van der Waals surface area (Å²) in [6.45, 7) is 10.7. The summed E-state index contributed by atoms with van der Waals surface area (Å²) >= 11 is 0. The zero-order valence-corrected chi connectivity index (χ0v) is 17.7. The molecule has 0 unspecified atom stereocenters. The van der Waals surface area contributed by atoms with Gasteiger partial charge in [-0.3, -0.25) is 9.59 Å². The van der Waals surface area contributed by atoms with E-state index < -0.39 is 5.91 Å². The van der Waals surface area contributed by atoms with Gasteiger partial charge in [0.05, 0.1) is 0 Å². The van der Waals surface area contributed by atoms with Crippen LogP contribution in [-0.2, 0) is 16.1 Å². The lowest BCUT2D eigenvalue weighted by atomic mass is 10.1. The first-order chi connectivity index (χ1) is 13.8. The Hall–Kier alpha value is -3.33. The number of nitriles is 1. The predicted octanol–water partition coefficient (Wildman–Crippen LogP) is 4.66. The maximum atomic E-state index is 12.6. The van der Waals surface area contributed by atoms with E-state index in [0.717, 1.165) is 29.9 Å². The van der Waals surface area contributed by atoms with E-state index in [2.05, 4.69) is 22.1 Å². The number of nitrogens with one attached hydrogen (secondary N) is 2.